The first-order valence-electron chi connectivity index (χ1n) is 8.03. The van der Waals surface area contributed by atoms with Crippen LogP contribution in [0.3, 0.4) is 0 Å². The summed E-state index contributed by atoms with van der Waals surface area (Å²) in [6, 6.07) is 9.97. The Morgan fingerprint density at radius 3 is 2.52 bits per heavy atom. The second kappa shape index (κ2) is 6.42. The molecule has 0 unspecified atom stereocenters. The number of nitrogens with zero attached hydrogens (tertiary/aromatic N) is 3. The third-order valence-corrected chi connectivity index (χ3v) is 5.31. The Kier molecular flexibility index (Phi) is 4.31. The highest BCUT2D eigenvalue weighted by Crippen LogP contribution is 2.35. The van der Waals surface area contributed by atoms with Crippen molar-refractivity contribution >= 4 is 40.1 Å². The number of alkyl halides is 3. The first-order valence-corrected chi connectivity index (χ1v) is 8.79. The van der Waals surface area contributed by atoms with E-state index in [1.54, 1.807) is 47.2 Å². The van der Waals surface area contributed by atoms with Crippen LogP contribution < -0.4 is 0 Å². The van der Waals surface area contributed by atoms with Gasteiger partial charge < -0.3 is 4.90 Å². The standard InChI is InChI=1S/C18H12Cl2F3N3O/c19-13-4-3-12(7-14(13)20)26-15(6-10-2-1-5-24-16(10)26)17(27)25-8-11(9-25)18(21,22)23/h1-7,11H,8-9H2. The van der Waals surface area contributed by atoms with E-state index in [4.69, 9.17) is 23.2 Å². The molecule has 3 heterocycles. The maximum atomic E-state index is 12.9. The van der Waals surface area contributed by atoms with Crippen molar-refractivity contribution in [1.29, 1.82) is 0 Å². The van der Waals surface area contributed by atoms with Crippen LogP contribution in [0, 0.1) is 5.92 Å². The summed E-state index contributed by atoms with van der Waals surface area (Å²) in [7, 11) is 0. The molecule has 0 spiro atoms. The average Bonchev–Trinajstić information content (AvgIpc) is 2.94. The van der Waals surface area contributed by atoms with E-state index in [0.29, 0.717) is 26.8 Å². The predicted molar refractivity (Wildman–Crippen MR) is 96.5 cm³/mol. The Bertz CT molecular complexity index is 1040. The number of likely N-dealkylation sites (tertiary alicyclic amines) is 1. The number of pyridine rings is 1. The number of carbonyl (C=O) groups is 1. The number of carbonyl (C=O) groups excluding carboxylic acids is 1. The Labute approximate surface area is 162 Å². The molecule has 4 nitrogen and oxygen atoms in total. The molecule has 1 fully saturated rings. The van der Waals surface area contributed by atoms with Crippen LogP contribution in [0.4, 0.5) is 13.2 Å². The van der Waals surface area contributed by atoms with Gasteiger partial charge in [0.15, 0.2) is 0 Å². The highest BCUT2D eigenvalue weighted by molar-refractivity contribution is 6.42. The molecule has 1 saturated heterocycles. The van der Waals surface area contributed by atoms with Gasteiger partial charge in [-0.05, 0) is 36.4 Å². The fourth-order valence-corrected chi connectivity index (χ4v) is 3.38. The lowest BCUT2D eigenvalue weighted by molar-refractivity contribution is -0.202. The van der Waals surface area contributed by atoms with Gasteiger partial charge in [0.2, 0.25) is 0 Å². The molecule has 1 amide bonds. The van der Waals surface area contributed by atoms with Crippen molar-refractivity contribution in [2.75, 3.05) is 13.1 Å². The molecule has 27 heavy (non-hydrogen) atoms. The molecule has 3 aromatic rings. The van der Waals surface area contributed by atoms with Crippen LogP contribution in [-0.2, 0) is 0 Å². The molecule has 1 aliphatic heterocycles. The summed E-state index contributed by atoms with van der Waals surface area (Å²) >= 11 is 12.1. The number of hydrogen-bond acceptors (Lipinski definition) is 2. The molecule has 0 atom stereocenters. The number of halogens is 5. The Hall–Kier alpha value is -2.25. The third kappa shape index (κ3) is 3.15. The van der Waals surface area contributed by atoms with Gasteiger partial charge in [0, 0.05) is 30.4 Å². The molecule has 9 heteroatoms. The summed E-state index contributed by atoms with van der Waals surface area (Å²) in [4.78, 5) is 18.4. The maximum Gasteiger partial charge on any atom is 0.395 e. The van der Waals surface area contributed by atoms with E-state index >= 15 is 0 Å². The van der Waals surface area contributed by atoms with Crippen LogP contribution in [0.1, 0.15) is 10.5 Å². The lowest BCUT2D eigenvalue weighted by atomic mass is 9.99. The second-order valence-corrected chi connectivity index (χ2v) is 7.14. The van der Waals surface area contributed by atoms with Gasteiger partial charge in [-0.3, -0.25) is 9.36 Å². The van der Waals surface area contributed by atoms with Gasteiger partial charge in [0.1, 0.15) is 11.3 Å². The predicted octanol–water partition coefficient (Wildman–Crippen LogP) is 4.97. The molecule has 140 valence electrons. The highest BCUT2D eigenvalue weighted by atomic mass is 35.5. The van der Waals surface area contributed by atoms with Crippen molar-refractivity contribution in [3.8, 4) is 5.69 Å². The van der Waals surface area contributed by atoms with E-state index in [2.05, 4.69) is 4.98 Å². The minimum atomic E-state index is -4.30. The van der Waals surface area contributed by atoms with Crippen LogP contribution in [0.25, 0.3) is 16.7 Å². The molecule has 4 rings (SSSR count). The molecule has 0 radical (unpaired) electrons. The van der Waals surface area contributed by atoms with Crippen LogP contribution in [0.2, 0.25) is 10.0 Å². The van der Waals surface area contributed by atoms with Crippen molar-refractivity contribution < 1.29 is 18.0 Å². The number of aromatic nitrogens is 2. The van der Waals surface area contributed by atoms with Crippen molar-refractivity contribution in [2.45, 2.75) is 6.18 Å². The monoisotopic (exact) mass is 413 g/mol. The normalized spacial score (nSPS) is 15.2. The van der Waals surface area contributed by atoms with Crippen LogP contribution in [0.5, 0.6) is 0 Å². The van der Waals surface area contributed by atoms with E-state index in [1.165, 1.54) is 4.90 Å². The fourth-order valence-electron chi connectivity index (χ4n) is 3.09. The van der Waals surface area contributed by atoms with Crippen molar-refractivity contribution in [1.82, 2.24) is 14.5 Å². The van der Waals surface area contributed by atoms with Crippen molar-refractivity contribution in [3.63, 3.8) is 0 Å². The zero-order valence-electron chi connectivity index (χ0n) is 13.7. The molecular formula is C18H12Cl2F3N3O. The van der Waals surface area contributed by atoms with Gasteiger partial charge in [-0.15, -0.1) is 0 Å². The fraction of sp³-hybridized carbons (Fsp3) is 0.222. The molecule has 0 bridgehead atoms. The number of amides is 1. The zero-order valence-corrected chi connectivity index (χ0v) is 15.2. The SMILES string of the molecule is O=C(c1cc2cccnc2n1-c1ccc(Cl)c(Cl)c1)N1CC(C(F)(F)F)C1. The first-order chi connectivity index (χ1) is 12.8. The van der Waals surface area contributed by atoms with Gasteiger partial charge in [0.25, 0.3) is 5.91 Å². The first kappa shape index (κ1) is 18.1. The number of fused-ring (bicyclic) bond motifs is 1. The molecule has 0 saturated carbocycles. The number of hydrogen-bond donors (Lipinski definition) is 0. The van der Waals surface area contributed by atoms with Gasteiger partial charge >= 0.3 is 6.18 Å². The van der Waals surface area contributed by atoms with Gasteiger partial charge in [-0.1, -0.05) is 23.2 Å². The largest absolute Gasteiger partial charge is 0.395 e. The summed E-state index contributed by atoms with van der Waals surface area (Å²) < 4.78 is 39.8. The lowest BCUT2D eigenvalue weighted by Crippen LogP contribution is -2.55. The minimum absolute atomic E-state index is 0.225. The number of rotatable bonds is 2. The number of benzene rings is 1. The average molecular weight is 414 g/mol. The van der Waals surface area contributed by atoms with Gasteiger partial charge in [-0.2, -0.15) is 13.2 Å². The lowest BCUT2D eigenvalue weighted by Gasteiger charge is -2.40. The van der Waals surface area contributed by atoms with E-state index in [1.807, 2.05) is 0 Å². The summed E-state index contributed by atoms with van der Waals surface area (Å²) in [5.41, 5.74) is 1.28. The van der Waals surface area contributed by atoms with Gasteiger partial charge in [0.05, 0.1) is 16.0 Å². The van der Waals surface area contributed by atoms with Crippen molar-refractivity contribution in [3.05, 3.63) is 58.3 Å². The molecule has 2 aromatic heterocycles. The maximum absolute atomic E-state index is 12.9. The highest BCUT2D eigenvalue weighted by Gasteiger charge is 2.49. The zero-order chi connectivity index (χ0) is 19.3. The topological polar surface area (TPSA) is 38.1 Å². The van der Waals surface area contributed by atoms with E-state index < -0.39 is 18.0 Å². The summed E-state index contributed by atoms with van der Waals surface area (Å²) in [5.74, 6) is -1.97. The van der Waals surface area contributed by atoms with Crippen LogP contribution in [-0.4, -0.2) is 39.6 Å². The van der Waals surface area contributed by atoms with Crippen LogP contribution >= 0.6 is 23.2 Å². The smallest absolute Gasteiger partial charge is 0.336 e. The molecule has 0 aliphatic carbocycles. The van der Waals surface area contributed by atoms with E-state index in [-0.39, 0.29) is 18.8 Å². The second-order valence-electron chi connectivity index (χ2n) is 6.33. The minimum Gasteiger partial charge on any atom is -0.336 e. The summed E-state index contributed by atoms with van der Waals surface area (Å²) in [6.45, 7) is -0.697. The van der Waals surface area contributed by atoms with E-state index in [9.17, 15) is 18.0 Å². The Balaban J connectivity index is 1.77. The molecule has 1 aliphatic rings. The van der Waals surface area contributed by atoms with E-state index in [0.717, 1.165) is 0 Å². The van der Waals surface area contributed by atoms with Gasteiger partial charge in [-0.25, -0.2) is 4.98 Å². The molecular weight excluding hydrogens is 402 g/mol. The third-order valence-electron chi connectivity index (χ3n) is 4.57. The Morgan fingerprint density at radius 1 is 1.11 bits per heavy atom. The van der Waals surface area contributed by atoms with Crippen molar-refractivity contribution in [2.24, 2.45) is 5.92 Å². The summed E-state index contributed by atoms with van der Waals surface area (Å²) in [5, 5.41) is 1.35. The van der Waals surface area contributed by atoms with Crippen LogP contribution in [0.15, 0.2) is 42.6 Å². The quantitative estimate of drug-likeness (QED) is 0.594. The summed E-state index contributed by atoms with van der Waals surface area (Å²) in [6.07, 6.45) is -2.72. The molecule has 0 N–H and O–H groups in total. The Morgan fingerprint density at radius 2 is 1.85 bits per heavy atom. The molecule has 1 aromatic carbocycles.